The Hall–Kier alpha value is -2.62. The second-order valence-electron chi connectivity index (χ2n) is 7.02. The Morgan fingerprint density at radius 3 is 2.68 bits per heavy atom. The van der Waals surface area contributed by atoms with Crippen molar-refractivity contribution in [3.05, 3.63) is 65.2 Å². The normalized spacial score (nSPS) is 19.9. The summed E-state index contributed by atoms with van der Waals surface area (Å²) in [5, 5.41) is 0. The molecule has 2 aliphatic rings. The number of nitrogens with zero attached hydrogens (tertiary/aromatic N) is 2. The first kappa shape index (κ1) is 15.9. The molecule has 0 N–H and O–H groups in total. The molecule has 25 heavy (non-hydrogen) atoms. The monoisotopic (exact) mass is 334 g/mol. The Morgan fingerprint density at radius 1 is 1.08 bits per heavy atom. The van der Waals surface area contributed by atoms with Crippen molar-refractivity contribution in [2.45, 2.75) is 26.3 Å². The molecule has 0 spiro atoms. The molecule has 0 radical (unpaired) electrons. The number of benzene rings is 2. The van der Waals surface area contributed by atoms with Gasteiger partial charge < -0.3 is 9.80 Å². The Balaban J connectivity index is 1.48. The van der Waals surface area contributed by atoms with E-state index in [1.54, 1.807) is 4.90 Å². The van der Waals surface area contributed by atoms with Gasteiger partial charge in [-0.05, 0) is 42.2 Å². The lowest BCUT2D eigenvalue weighted by molar-refractivity contribution is -0.136. The molecule has 2 heterocycles. The minimum Gasteiger partial charge on any atom is -0.338 e. The van der Waals surface area contributed by atoms with Crippen LogP contribution in [0.4, 0.5) is 5.69 Å². The zero-order valence-corrected chi connectivity index (χ0v) is 14.4. The Kier molecular flexibility index (Phi) is 4.04. The van der Waals surface area contributed by atoms with E-state index < -0.39 is 0 Å². The summed E-state index contributed by atoms with van der Waals surface area (Å²) in [5.41, 5.74) is 4.56. The van der Waals surface area contributed by atoms with Crippen molar-refractivity contribution in [3.8, 4) is 0 Å². The van der Waals surface area contributed by atoms with E-state index in [0.717, 1.165) is 24.2 Å². The molecule has 1 fully saturated rings. The maximum atomic E-state index is 12.9. The predicted octanol–water partition coefficient (Wildman–Crippen LogP) is 2.93. The summed E-state index contributed by atoms with van der Waals surface area (Å²) in [4.78, 5) is 29.1. The number of amides is 2. The second kappa shape index (κ2) is 6.36. The zero-order chi connectivity index (χ0) is 17.4. The molecule has 0 bridgehead atoms. The quantitative estimate of drug-likeness (QED) is 0.847. The first-order valence-electron chi connectivity index (χ1n) is 8.84. The number of anilines is 1. The van der Waals surface area contributed by atoms with Gasteiger partial charge in [-0.1, -0.05) is 36.4 Å². The van der Waals surface area contributed by atoms with Crippen molar-refractivity contribution < 1.29 is 9.59 Å². The zero-order valence-electron chi connectivity index (χ0n) is 14.4. The van der Waals surface area contributed by atoms with Crippen LogP contribution in [0.3, 0.4) is 0 Å². The average Bonchev–Trinajstić information content (AvgIpc) is 3.02. The molecular weight excluding hydrogens is 312 g/mol. The van der Waals surface area contributed by atoms with Gasteiger partial charge >= 0.3 is 0 Å². The molecule has 4 heteroatoms. The van der Waals surface area contributed by atoms with E-state index in [0.29, 0.717) is 19.5 Å². The minimum atomic E-state index is -0.238. The highest BCUT2D eigenvalue weighted by molar-refractivity contribution is 6.00. The summed E-state index contributed by atoms with van der Waals surface area (Å²) in [5.74, 6) is -0.0855. The highest BCUT2D eigenvalue weighted by Gasteiger charge is 2.37. The number of hydrogen-bond acceptors (Lipinski definition) is 2. The van der Waals surface area contributed by atoms with Crippen LogP contribution >= 0.6 is 0 Å². The molecule has 0 unspecified atom stereocenters. The lowest BCUT2D eigenvalue weighted by Crippen LogP contribution is -2.40. The molecule has 0 aromatic heterocycles. The first-order chi connectivity index (χ1) is 12.1. The van der Waals surface area contributed by atoms with E-state index in [-0.39, 0.29) is 17.7 Å². The van der Waals surface area contributed by atoms with Gasteiger partial charge in [0.15, 0.2) is 0 Å². The Labute approximate surface area is 148 Å². The van der Waals surface area contributed by atoms with Crippen LogP contribution in [0.2, 0.25) is 0 Å². The summed E-state index contributed by atoms with van der Waals surface area (Å²) in [6.07, 6.45) is 1.20. The van der Waals surface area contributed by atoms with E-state index >= 15 is 0 Å². The van der Waals surface area contributed by atoms with Gasteiger partial charge in [0.1, 0.15) is 0 Å². The van der Waals surface area contributed by atoms with Crippen LogP contribution in [-0.2, 0) is 22.6 Å². The number of carbonyl (C=O) groups is 2. The smallest absolute Gasteiger partial charge is 0.228 e. The Bertz CT molecular complexity index is 830. The molecular formula is C21H22N2O2. The van der Waals surface area contributed by atoms with Crippen molar-refractivity contribution >= 4 is 17.5 Å². The third kappa shape index (κ3) is 3.04. The van der Waals surface area contributed by atoms with Gasteiger partial charge in [-0.2, -0.15) is 0 Å². The van der Waals surface area contributed by atoms with Crippen molar-refractivity contribution in [1.29, 1.82) is 0 Å². The van der Waals surface area contributed by atoms with E-state index in [4.69, 9.17) is 0 Å². The van der Waals surface area contributed by atoms with E-state index in [1.807, 2.05) is 48.2 Å². The van der Waals surface area contributed by atoms with Crippen molar-refractivity contribution in [3.63, 3.8) is 0 Å². The van der Waals surface area contributed by atoms with Gasteiger partial charge in [0.25, 0.3) is 0 Å². The summed E-state index contributed by atoms with van der Waals surface area (Å²) in [6.45, 7) is 3.90. The lowest BCUT2D eigenvalue weighted by Gasteiger charge is -2.30. The van der Waals surface area contributed by atoms with Gasteiger partial charge in [0.2, 0.25) is 11.8 Å². The fourth-order valence-electron chi connectivity index (χ4n) is 3.86. The summed E-state index contributed by atoms with van der Waals surface area (Å²) < 4.78 is 0. The maximum Gasteiger partial charge on any atom is 0.228 e. The van der Waals surface area contributed by atoms with Gasteiger partial charge in [0, 0.05) is 31.7 Å². The highest BCUT2D eigenvalue weighted by Crippen LogP contribution is 2.28. The molecule has 2 aromatic carbocycles. The van der Waals surface area contributed by atoms with Crippen molar-refractivity contribution in [1.82, 2.24) is 4.90 Å². The van der Waals surface area contributed by atoms with Crippen LogP contribution in [0.1, 0.15) is 23.1 Å². The largest absolute Gasteiger partial charge is 0.338 e. The number of rotatable bonds is 2. The molecule has 1 saturated heterocycles. The summed E-state index contributed by atoms with van der Waals surface area (Å²) in [6, 6.07) is 16.2. The van der Waals surface area contributed by atoms with Crippen LogP contribution in [0, 0.1) is 12.8 Å². The lowest BCUT2D eigenvalue weighted by atomic mass is 9.98. The molecule has 2 aliphatic heterocycles. The van der Waals surface area contributed by atoms with Gasteiger partial charge in [-0.3, -0.25) is 9.59 Å². The number of fused-ring (bicyclic) bond motifs is 1. The van der Waals surface area contributed by atoms with Crippen molar-refractivity contribution in [2.75, 3.05) is 18.0 Å². The van der Waals surface area contributed by atoms with Crippen LogP contribution in [0.25, 0.3) is 0 Å². The van der Waals surface area contributed by atoms with Gasteiger partial charge in [-0.15, -0.1) is 0 Å². The van der Waals surface area contributed by atoms with Crippen LogP contribution in [-0.4, -0.2) is 29.8 Å². The second-order valence-corrected chi connectivity index (χ2v) is 7.02. The molecule has 1 atom stereocenters. The third-order valence-corrected chi connectivity index (χ3v) is 5.23. The molecule has 0 saturated carbocycles. The van der Waals surface area contributed by atoms with Crippen LogP contribution < -0.4 is 4.90 Å². The highest BCUT2D eigenvalue weighted by atomic mass is 16.2. The molecule has 4 rings (SSSR count). The predicted molar refractivity (Wildman–Crippen MR) is 97.2 cm³/mol. The summed E-state index contributed by atoms with van der Waals surface area (Å²) >= 11 is 0. The first-order valence-corrected chi connectivity index (χ1v) is 8.84. The minimum absolute atomic E-state index is 0.0429. The average molecular weight is 334 g/mol. The molecule has 4 nitrogen and oxygen atoms in total. The van der Waals surface area contributed by atoms with E-state index in [9.17, 15) is 9.59 Å². The number of hydrogen-bond donors (Lipinski definition) is 0. The summed E-state index contributed by atoms with van der Waals surface area (Å²) in [7, 11) is 0. The fourth-order valence-corrected chi connectivity index (χ4v) is 3.86. The SMILES string of the molecule is Cc1cccc(N2C[C@@H](C(=O)N3CCc4ccccc4C3)CC2=O)c1. The molecule has 2 amide bonds. The van der Waals surface area contributed by atoms with Gasteiger partial charge in [0.05, 0.1) is 5.92 Å². The third-order valence-electron chi connectivity index (χ3n) is 5.23. The fraction of sp³-hybridized carbons (Fsp3) is 0.333. The Morgan fingerprint density at radius 2 is 1.88 bits per heavy atom. The molecule has 2 aromatic rings. The van der Waals surface area contributed by atoms with Crippen LogP contribution in [0.5, 0.6) is 0 Å². The van der Waals surface area contributed by atoms with E-state index in [1.165, 1.54) is 11.1 Å². The molecule has 128 valence electrons. The number of carbonyl (C=O) groups excluding carboxylic acids is 2. The van der Waals surface area contributed by atoms with Gasteiger partial charge in [-0.25, -0.2) is 0 Å². The standard InChI is InChI=1S/C21H22N2O2/c1-15-5-4-8-19(11-15)23-14-18(12-20(23)24)21(25)22-10-9-16-6-2-3-7-17(16)13-22/h2-8,11,18H,9-10,12-14H2,1H3/t18-/m0/s1. The maximum absolute atomic E-state index is 12.9. The topological polar surface area (TPSA) is 40.6 Å². The molecule has 0 aliphatic carbocycles. The van der Waals surface area contributed by atoms with Crippen molar-refractivity contribution in [2.24, 2.45) is 5.92 Å². The van der Waals surface area contributed by atoms with Crippen LogP contribution in [0.15, 0.2) is 48.5 Å². The van der Waals surface area contributed by atoms with E-state index in [2.05, 4.69) is 12.1 Å². The number of aryl methyl sites for hydroxylation is 1.